The summed E-state index contributed by atoms with van der Waals surface area (Å²) in [6.45, 7) is 4.07. The Morgan fingerprint density at radius 2 is 2.27 bits per heavy atom. The number of nitrogens with two attached hydrogens (primary N) is 1. The van der Waals surface area contributed by atoms with Gasteiger partial charge in [-0.15, -0.1) is 0 Å². The van der Waals surface area contributed by atoms with E-state index in [0.29, 0.717) is 12.1 Å². The number of ether oxygens (including phenoxy) is 1. The predicted molar refractivity (Wildman–Crippen MR) is 65.3 cm³/mol. The lowest BCUT2D eigenvalue weighted by atomic mass is 10.1. The lowest BCUT2D eigenvalue weighted by Crippen LogP contribution is -2.49. The normalized spacial score (nSPS) is 31.4. The number of thioether (sulfide) groups is 1. The summed E-state index contributed by atoms with van der Waals surface area (Å²) in [5.41, 5.74) is 5.91. The van der Waals surface area contributed by atoms with Crippen molar-refractivity contribution < 1.29 is 4.74 Å². The summed E-state index contributed by atoms with van der Waals surface area (Å²) >= 11 is 2.07. The Hall–Kier alpha value is 0.230. The van der Waals surface area contributed by atoms with Crippen molar-refractivity contribution in [3.8, 4) is 0 Å². The summed E-state index contributed by atoms with van der Waals surface area (Å²) < 4.78 is 5.77. The highest BCUT2D eigenvalue weighted by Gasteiger charge is 2.29. The fourth-order valence-corrected chi connectivity index (χ4v) is 3.44. The van der Waals surface area contributed by atoms with Crippen LogP contribution < -0.4 is 5.73 Å². The molecule has 88 valence electrons. The van der Waals surface area contributed by atoms with Gasteiger partial charge in [-0.3, -0.25) is 4.90 Å². The third-order valence-electron chi connectivity index (χ3n) is 3.36. The molecule has 2 fully saturated rings. The molecule has 0 saturated carbocycles. The van der Waals surface area contributed by atoms with Crippen LogP contribution in [0.25, 0.3) is 0 Å². The predicted octanol–water partition coefficient (Wildman–Crippen LogP) is 0.932. The van der Waals surface area contributed by atoms with Crippen LogP contribution in [0.5, 0.6) is 0 Å². The van der Waals surface area contributed by atoms with E-state index in [1.54, 1.807) is 0 Å². The Labute approximate surface area is 96.7 Å². The van der Waals surface area contributed by atoms with E-state index in [1.807, 2.05) is 0 Å². The molecular weight excluding hydrogens is 208 g/mol. The highest BCUT2D eigenvalue weighted by atomic mass is 32.2. The Balaban J connectivity index is 1.91. The third kappa shape index (κ3) is 3.09. The van der Waals surface area contributed by atoms with Crippen LogP contribution >= 0.6 is 11.8 Å². The van der Waals surface area contributed by atoms with Crippen LogP contribution in [0.3, 0.4) is 0 Å². The zero-order valence-electron chi connectivity index (χ0n) is 9.36. The van der Waals surface area contributed by atoms with Gasteiger partial charge in [-0.25, -0.2) is 0 Å². The highest BCUT2D eigenvalue weighted by molar-refractivity contribution is 7.99. The molecule has 0 spiro atoms. The van der Waals surface area contributed by atoms with Crippen LogP contribution in [0.2, 0.25) is 0 Å². The summed E-state index contributed by atoms with van der Waals surface area (Å²) in [5, 5.41) is 0. The summed E-state index contributed by atoms with van der Waals surface area (Å²) in [5.74, 6) is 2.56. The highest BCUT2D eigenvalue weighted by Crippen LogP contribution is 2.21. The standard InChI is InChI=1S/C11H22N2OS/c12-9-10(11-3-1-6-14-11)13-4-2-7-15-8-5-13/h10-11H,1-9,12H2. The minimum absolute atomic E-state index is 0.401. The maximum absolute atomic E-state index is 5.91. The van der Waals surface area contributed by atoms with E-state index in [0.717, 1.165) is 13.2 Å². The fourth-order valence-electron chi connectivity index (χ4n) is 2.54. The van der Waals surface area contributed by atoms with Crippen molar-refractivity contribution >= 4 is 11.8 Å². The summed E-state index contributed by atoms with van der Waals surface area (Å²) in [6, 6.07) is 0.464. The monoisotopic (exact) mass is 230 g/mol. The van der Waals surface area contributed by atoms with Gasteiger partial charge in [0.15, 0.2) is 0 Å². The SMILES string of the molecule is NCC(C1CCCO1)N1CCCSCC1. The van der Waals surface area contributed by atoms with E-state index < -0.39 is 0 Å². The molecule has 0 aromatic carbocycles. The number of nitrogens with zero attached hydrogens (tertiary/aromatic N) is 1. The molecule has 0 aromatic rings. The van der Waals surface area contributed by atoms with Crippen LogP contribution in [0.1, 0.15) is 19.3 Å². The van der Waals surface area contributed by atoms with Crippen molar-refractivity contribution in [3.05, 3.63) is 0 Å². The summed E-state index contributed by atoms with van der Waals surface area (Å²) in [4.78, 5) is 2.55. The zero-order valence-corrected chi connectivity index (χ0v) is 10.2. The first kappa shape index (κ1) is 11.7. The second-order valence-electron chi connectivity index (χ2n) is 4.36. The molecule has 2 heterocycles. The van der Waals surface area contributed by atoms with Crippen LogP contribution in [-0.4, -0.2) is 54.8 Å². The van der Waals surface area contributed by atoms with Gasteiger partial charge in [0, 0.05) is 31.5 Å². The van der Waals surface area contributed by atoms with Gasteiger partial charge >= 0.3 is 0 Å². The molecule has 3 nitrogen and oxygen atoms in total. The van der Waals surface area contributed by atoms with E-state index in [9.17, 15) is 0 Å². The van der Waals surface area contributed by atoms with Gasteiger partial charge in [0.1, 0.15) is 0 Å². The molecule has 2 atom stereocenters. The Bertz CT molecular complexity index is 177. The van der Waals surface area contributed by atoms with Crippen LogP contribution in [-0.2, 0) is 4.74 Å². The smallest absolute Gasteiger partial charge is 0.0743 e. The van der Waals surface area contributed by atoms with Crippen LogP contribution in [0, 0.1) is 0 Å². The van der Waals surface area contributed by atoms with Crippen molar-refractivity contribution in [2.24, 2.45) is 5.73 Å². The molecule has 0 aromatic heterocycles. The average Bonchev–Trinajstić information content (AvgIpc) is 2.63. The molecule has 2 rings (SSSR count). The molecule has 0 bridgehead atoms. The van der Waals surface area contributed by atoms with Gasteiger partial charge < -0.3 is 10.5 Å². The second kappa shape index (κ2) is 6.09. The molecule has 2 saturated heterocycles. The van der Waals surface area contributed by atoms with Gasteiger partial charge in [0.2, 0.25) is 0 Å². The minimum atomic E-state index is 0.401. The number of hydrogen-bond donors (Lipinski definition) is 1. The van der Waals surface area contributed by atoms with Crippen LogP contribution in [0.4, 0.5) is 0 Å². The molecule has 2 aliphatic heterocycles. The summed E-state index contributed by atoms with van der Waals surface area (Å²) in [6.07, 6.45) is 4.11. The van der Waals surface area contributed by atoms with Crippen molar-refractivity contribution in [1.82, 2.24) is 4.90 Å². The van der Waals surface area contributed by atoms with Gasteiger partial charge in [-0.05, 0) is 31.6 Å². The molecule has 0 radical (unpaired) electrons. The molecule has 0 amide bonds. The Kier molecular flexibility index (Phi) is 4.75. The summed E-state index contributed by atoms with van der Waals surface area (Å²) in [7, 11) is 0. The van der Waals surface area contributed by atoms with Gasteiger partial charge in [-0.2, -0.15) is 11.8 Å². The first-order valence-electron chi connectivity index (χ1n) is 6.05. The molecule has 15 heavy (non-hydrogen) atoms. The third-order valence-corrected chi connectivity index (χ3v) is 4.41. The first-order chi connectivity index (χ1) is 7.42. The topological polar surface area (TPSA) is 38.5 Å². The Morgan fingerprint density at radius 3 is 3.00 bits per heavy atom. The zero-order chi connectivity index (χ0) is 10.5. The molecule has 0 aliphatic carbocycles. The number of hydrogen-bond acceptors (Lipinski definition) is 4. The fraction of sp³-hybridized carbons (Fsp3) is 1.00. The molecule has 2 N–H and O–H groups in total. The maximum atomic E-state index is 5.91. The lowest BCUT2D eigenvalue weighted by Gasteiger charge is -2.33. The van der Waals surface area contributed by atoms with Crippen LogP contribution in [0.15, 0.2) is 0 Å². The quantitative estimate of drug-likeness (QED) is 0.783. The molecule has 4 heteroatoms. The van der Waals surface area contributed by atoms with Gasteiger partial charge in [0.25, 0.3) is 0 Å². The molecular formula is C11H22N2OS. The Morgan fingerprint density at radius 1 is 1.33 bits per heavy atom. The van der Waals surface area contributed by atoms with Gasteiger partial charge in [-0.1, -0.05) is 0 Å². The molecule has 2 aliphatic rings. The molecule has 2 unspecified atom stereocenters. The van der Waals surface area contributed by atoms with Crippen molar-refractivity contribution in [3.63, 3.8) is 0 Å². The maximum Gasteiger partial charge on any atom is 0.0743 e. The van der Waals surface area contributed by atoms with Crippen molar-refractivity contribution in [2.45, 2.75) is 31.4 Å². The average molecular weight is 230 g/mol. The van der Waals surface area contributed by atoms with E-state index in [2.05, 4.69) is 16.7 Å². The van der Waals surface area contributed by atoms with E-state index in [1.165, 1.54) is 43.9 Å². The van der Waals surface area contributed by atoms with E-state index in [-0.39, 0.29) is 0 Å². The second-order valence-corrected chi connectivity index (χ2v) is 5.58. The van der Waals surface area contributed by atoms with E-state index >= 15 is 0 Å². The first-order valence-corrected chi connectivity index (χ1v) is 7.21. The number of rotatable bonds is 3. The van der Waals surface area contributed by atoms with Crippen molar-refractivity contribution in [1.29, 1.82) is 0 Å². The van der Waals surface area contributed by atoms with Gasteiger partial charge in [0.05, 0.1) is 6.10 Å². The van der Waals surface area contributed by atoms with E-state index in [4.69, 9.17) is 10.5 Å². The van der Waals surface area contributed by atoms with Crippen molar-refractivity contribution in [2.75, 3.05) is 37.7 Å². The lowest BCUT2D eigenvalue weighted by molar-refractivity contribution is 0.0302. The largest absolute Gasteiger partial charge is 0.377 e. The minimum Gasteiger partial charge on any atom is -0.377 e.